The van der Waals surface area contributed by atoms with E-state index in [0.717, 1.165) is 29.2 Å². The van der Waals surface area contributed by atoms with Crippen LogP contribution in [0, 0.1) is 12.7 Å². The van der Waals surface area contributed by atoms with Crippen molar-refractivity contribution in [3.05, 3.63) is 35.3 Å². The number of furan rings is 1. The molecule has 0 radical (unpaired) electrons. The number of halogens is 2. The Morgan fingerprint density at radius 2 is 2.09 bits per heavy atom. The Morgan fingerprint density at radius 3 is 2.73 bits per heavy atom. The summed E-state index contributed by atoms with van der Waals surface area (Å²) >= 11 is 0. The van der Waals surface area contributed by atoms with E-state index in [1.807, 2.05) is 13.8 Å². The maximum absolute atomic E-state index is 13.3. The Balaban J connectivity index is 0.00000242. The molecular formula is C16H23FIN3O. The standard InChI is InChI=1S/C16H22FN3O.HI/c1-5-18-16(20-10(2)3)19-9-15-11(4)13-8-12(17)6-7-14(13)21-15;/h6-8,10H,5,9H2,1-4H3,(H2,18,19,20);1H. The topological polar surface area (TPSA) is 49.6 Å². The van der Waals surface area contributed by atoms with Crippen LogP contribution in [-0.4, -0.2) is 18.5 Å². The zero-order valence-corrected chi connectivity index (χ0v) is 15.7. The number of guanidine groups is 1. The summed E-state index contributed by atoms with van der Waals surface area (Å²) < 4.78 is 19.1. The van der Waals surface area contributed by atoms with E-state index in [-0.39, 0.29) is 29.8 Å². The zero-order valence-electron chi connectivity index (χ0n) is 13.4. The predicted octanol–water partition coefficient (Wildman–Crippen LogP) is 3.96. The second kappa shape index (κ2) is 8.36. The van der Waals surface area contributed by atoms with Gasteiger partial charge in [-0.3, -0.25) is 0 Å². The van der Waals surface area contributed by atoms with Crippen molar-refractivity contribution >= 4 is 40.9 Å². The molecule has 0 spiro atoms. The third-order valence-corrected chi connectivity index (χ3v) is 3.15. The summed E-state index contributed by atoms with van der Waals surface area (Å²) in [5, 5.41) is 7.24. The van der Waals surface area contributed by atoms with Crippen molar-refractivity contribution < 1.29 is 8.81 Å². The fraction of sp³-hybridized carbons (Fsp3) is 0.438. The van der Waals surface area contributed by atoms with E-state index >= 15 is 0 Å². The van der Waals surface area contributed by atoms with Gasteiger partial charge in [-0.15, -0.1) is 24.0 Å². The highest BCUT2D eigenvalue weighted by Gasteiger charge is 2.11. The average Bonchev–Trinajstić information content (AvgIpc) is 2.73. The molecule has 0 aliphatic carbocycles. The SMILES string of the molecule is CCNC(=NCc1oc2ccc(F)cc2c1C)NC(C)C.I. The van der Waals surface area contributed by atoms with E-state index in [1.165, 1.54) is 12.1 Å². The van der Waals surface area contributed by atoms with Gasteiger partial charge >= 0.3 is 0 Å². The fourth-order valence-corrected chi connectivity index (χ4v) is 2.14. The highest BCUT2D eigenvalue weighted by atomic mass is 127. The summed E-state index contributed by atoms with van der Waals surface area (Å²) in [5.74, 6) is 1.26. The van der Waals surface area contributed by atoms with E-state index < -0.39 is 0 Å². The monoisotopic (exact) mass is 419 g/mol. The van der Waals surface area contributed by atoms with Gasteiger partial charge in [-0.05, 0) is 45.9 Å². The number of hydrogen-bond donors (Lipinski definition) is 2. The number of rotatable bonds is 4. The smallest absolute Gasteiger partial charge is 0.191 e. The number of aliphatic imine (C=N–C) groups is 1. The molecule has 0 bridgehead atoms. The van der Waals surface area contributed by atoms with E-state index in [4.69, 9.17) is 4.42 Å². The lowest BCUT2D eigenvalue weighted by atomic mass is 10.1. The van der Waals surface area contributed by atoms with Crippen LogP contribution in [0.4, 0.5) is 4.39 Å². The lowest BCUT2D eigenvalue weighted by molar-refractivity contribution is 0.546. The van der Waals surface area contributed by atoms with Gasteiger partial charge in [0.05, 0.1) is 0 Å². The van der Waals surface area contributed by atoms with Crippen LogP contribution in [0.3, 0.4) is 0 Å². The lowest BCUT2D eigenvalue weighted by Crippen LogP contribution is -2.41. The third kappa shape index (κ3) is 4.59. The van der Waals surface area contributed by atoms with E-state index in [9.17, 15) is 4.39 Å². The minimum absolute atomic E-state index is 0. The maximum atomic E-state index is 13.3. The Morgan fingerprint density at radius 1 is 1.36 bits per heavy atom. The first kappa shape index (κ1) is 18.7. The molecule has 122 valence electrons. The molecule has 1 heterocycles. The Hall–Kier alpha value is -1.31. The van der Waals surface area contributed by atoms with Crippen LogP contribution in [0.1, 0.15) is 32.1 Å². The number of nitrogens with one attached hydrogen (secondary N) is 2. The molecule has 2 aromatic rings. The van der Waals surface area contributed by atoms with Gasteiger partial charge in [-0.2, -0.15) is 0 Å². The summed E-state index contributed by atoms with van der Waals surface area (Å²) in [7, 11) is 0. The first-order chi connectivity index (χ1) is 10.0. The number of benzene rings is 1. The fourth-order valence-electron chi connectivity index (χ4n) is 2.14. The van der Waals surface area contributed by atoms with Gasteiger partial charge in [0.25, 0.3) is 0 Å². The van der Waals surface area contributed by atoms with E-state index in [0.29, 0.717) is 18.2 Å². The van der Waals surface area contributed by atoms with Gasteiger partial charge in [-0.1, -0.05) is 0 Å². The van der Waals surface area contributed by atoms with Crippen molar-refractivity contribution in [2.75, 3.05) is 6.54 Å². The first-order valence-corrected chi connectivity index (χ1v) is 7.23. The van der Waals surface area contributed by atoms with Crippen molar-refractivity contribution in [1.82, 2.24) is 10.6 Å². The quantitative estimate of drug-likeness (QED) is 0.448. The second-order valence-electron chi connectivity index (χ2n) is 5.28. The van der Waals surface area contributed by atoms with Gasteiger partial charge in [0.1, 0.15) is 23.7 Å². The molecule has 22 heavy (non-hydrogen) atoms. The summed E-state index contributed by atoms with van der Waals surface area (Å²) in [6.07, 6.45) is 0. The summed E-state index contributed by atoms with van der Waals surface area (Å²) in [6, 6.07) is 4.86. The van der Waals surface area contributed by atoms with Crippen LogP contribution in [0.25, 0.3) is 11.0 Å². The molecule has 0 unspecified atom stereocenters. The third-order valence-electron chi connectivity index (χ3n) is 3.15. The van der Waals surface area contributed by atoms with Gasteiger partial charge < -0.3 is 15.1 Å². The van der Waals surface area contributed by atoms with Crippen LogP contribution in [0.2, 0.25) is 0 Å². The normalized spacial score (nSPS) is 11.6. The minimum atomic E-state index is -0.253. The van der Waals surface area contributed by atoms with Gasteiger partial charge in [-0.25, -0.2) is 9.38 Å². The molecule has 6 heteroatoms. The first-order valence-electron chi connectivity index (χ1n) is 7.23. The summed E-state index contributed by atoms with van der Waals surface area (Å²) in [4.78, 5) is 4.51. The number of hydrogen-bond acceptors (Lipinski definition) is 2. The molecule has 2 rings (SSSR count). The summed E-state index contributed by atoms with van der Waals surface area (Å²) in [5.41, 5.74) is 1.63. The highest BCUT2D eigenvalue weighted by molar-refractivity contribution is 14.0. The molecule has 0 aliphatic heterocycles. The van der Waals surface area contributed by atoms with E-state index in [2.05, 4.69) is 29.5 Å². The largest absolute Gasteiger partial charge is 0.459 e. The van der Waals surface area contributed by atoms with E-state index in [1.54, 1.807) is 6.07 Å². The molecule has 0 fully saturated rings. The lowest BCUT2D eigenvalue weighted by Gasteiger charge is -2.13. The van der Waals surface area contributed by atoms with Crippen molar-refractivity contribution in [2.45, 2.75) is 40.3 Å². The number of nitrogens with zero attached hydrogens (tertiary/aromatic N) is 1. The number of fused-ring (bicyclic) bond motifs is 1. The molecule has 1 aromatic heterocycles. The van der Waals surface area contributed by atoms with Gasteiger partial charge in [0, 0.05) is 23.5 Å². The van der Waals surface area contributed by atoms with Crippen LogP contribution >= 0.6 is 24.0 Å². The van der Waals surface area contributed by atoms with Crippen LogP contribution < -0.4 is 10.6 Å². The molecule has 0 saturated heterocycles. The molecule has 0 aliphatic rings. The maximum Gasteiger partial charge on any atom is 0.191 e. The van der Waals surface area contributed by atoms with Crippen LogP contribution in [0.5, 0.6) is 0 Å². The van der Waals surface area contributed by atoms with Crippen molar-refractivity contribution in [3.63, 3.8) is 0 Å². The minimum Gasteiger partial charge on any atom is -0.459 e. The number of aryl methyl sites for hydroxylation is 1. The van der Waals surface area contributed by atoms with Gasteiger partial charge in [0.15, 0.2) is 5.96 Å². The van der Waals surface area contributed by atoms with Crippen molar-refractivity contribution in [1.29, 1.82) is 0 Å². The van der Waals surface area contributed by atoms with Crippen LogP contribution in [-0.2, 0) is 6.54 Å². The van der Waals surface area contributed by atoms with Crippen LogP contribution in [0.15, 0.2) is 27.6 Å². The molecular weight excluding hydrogens is 396 g/mol. The molecule has 4 nitrogen and oxygen atoms in total. The molecule has 0 amide bonds. The second-order valence-corrected chi connectivity index (χ2v) is 5.28. The molecule has 0 saturated carbocycles. The van der Waals surface area contributed by atoms with Gasteiger partial charge in [0.2, 0.25) is 0 Å². The summed E-state index contributed by atoms with van der Waals surface area (Å²) in [6.45, 7) is 9.28. The average molecular weight is 419 g/mol. The molecule has 2 N–H and O–H groups in total. The Labute approximate surface area is 147 Å². The molecule has 0 atom stereocenters. The molecule has 1 aromatic carbocycles. The Bertz CT molecular complexity index is 652. The highest BCUT2D eigenvalue weighted by Crippen LogP contribution is 2.26. The zero-order chi connectivity index (χ0) is 15.4. The van der Waals surface area contributed by atoms with Crippen molar-refractivity contribution in [3.8, 4) is 0 Å². The predicted molar refractivity (Wildman–Crippen MR) is 99.4 cm³/mol. The Kier molecular flexibility index (Phi) is 7.12. The van der Waals surface area contributed by atoms with Crippen molar-refractivity contribution in [2.24, 2.45) is 4.99 Å².